The van der Waals surface area contributed by atoms with Crippen LogP contribution in [0.4, 0.5) is 5.69 Å². The third-order valence-corrected chi connectivity index (χ3v) is 2.73. The minimum Gasteiger partial charge on any atom is -0.479 e. The molecule has 1 aromatic carbocycles. The molecule has 0 aliphatic heterocycles. The van der Waals surface area contributed by atoms with E-state index in [1.165, 1.54) is 6.26 Å². The van der Waals surface area contributed by atoms with Gasteiger partial charge in [0.1, 0.15) is 17.6 Å². The Kier molecular flexibility index (Phi) is 4.40. The van der Waals surface area contributed by atoms with E-state index in [0.717, 1.165) is 0 Å². The molecule has 0 fully saturated rings. The number of furan rings is 1. The molecular formula is C15H14N2O3. The molecule has 1 heterocycles. The van der Waals surface area contributed by atoms with Gasteiger partial charge in [0.05, 0.1) is 11.8 Å². The quantitative estimate of drug-likeness (QED) is 0.906. The van der Waals surface area contributed by atoms with Crippen LogP contribution in [0.1, 0.15) is 23.0 Å². The van der Waals surface area contributed by atoms with E-state index in [0.29, 0.717) is 29.2 Å². The van der Waals surface area contributed by atoms with Crippen molar-refractivity contribution in [2.75, 3.05) is 11.9 Å². The molecule has 5 nitrogen and oxygen atoms in total. The summed E-state index contributed by atoms with van der Waals surface area (Å²) >= 11 is 0. The maximum absolute atomic E-state index is 12.1. The topological polar surface area (TPSA) is 75.3 Å². The Balaban J connectivity index is 2.03. The second-order valence-corrected chi connectivity index (χ2v) is 4.04. The first kappa shape index (κ1) is 13.7. The average molecular weight is 270 g/mol. The highest BCUT2D eigenvalue weighted by Crippen LogP contribution is 2.18. The summed E-state index contributed by atoms with van der Waals surface area (Å²) in [4.78, 5) is 12.1. The summed E-state index contributed by atoms with van der Waals surface area (Å²) < 4.78 is 10.4. The maximum atomic E-state index is 12.1. The van der Waals surface area contributed by atoms with Crippen LogP contribution in [0.2, 0.25) is 0 Å². The SMILES string of the molecule is CCc1occc1C(=O)Nc1ccc(OCC#N)cc1. The molecule has 0 saturated carbocycles. The van der Waals surface area contributed by atoms with E-state index < -0.39 is 0 Å². The van der Waals surface area contributed by atoms with Gasteiger partial charge in [0, 0.05) is 12.1 Å². The average Bonchev–Trinajstić information content (AvgIpc) is 2.95. The van der Waals surface area contributed by atoms with Crippen LogP contribution >= 0.6 is 0 Å². The molecule has 2 aromatic rings. The van der Waals surface area contributed by atoms with E-state index in [9.17, 15) is 4.79 Å². The van der Waals surface area contributed by atoms with E-state index in [-0.39, 0.29) is 12.5 Å². The first-order chi connectivity index (χ1) is 9.74. The van der Waals surface area contributed by atoms with Crippen LogP contribution in [0.25, 0.3) is 0 Å². The summed E-state index contributed by atoms with van der Waals surface area (Å²) in [6, 6.07) is 10.4. The normalized spacial score (nSPS) is 9.80. The molecule has 0 radical (unpaired) electrons. The van der Waals surface area contributed by atoms with Crippen molar-refractivity contribution >= 4 is 11.6 Å². The highest BCUT2D eigenvalue weighted by atomic mass is 16.5. The van der Waals surface area contributed by atoms with E-state index in [1.54, 1.807) is 30.3 Å². The monoisotopic (exact) mass is 270 g/mol. The van der Waals surface area contributed by atoms with Gasteiger partial charge < -0.3 is 14.5 Å². The lowest BCUT2D eigenvalue weighted by molar-refractivity contribution is 0.102. The molecule has 1 N–H and O–H groups in total. The molecule has 0 spiro atoms. The Hall–Kier alpha value is -2.74. The van der Waals surface area contributed by atoms with Gasteiger partial charge in [-0.3, -0.25) is 4.79 Å². The fourth-order valence-electron chi connectivity index (χ4n) is 1.77. The molecule has 5 heteroatoms. The van der Waals surface area contributed by atoms with E-state index in [2.05, 4.69) is 5.32 Å². The number of anilines is 1. The number of hydrogen-bond donors (Lipinski definition) is 1. The van der Waals surface area contributed by atoms with Crippen LogP contribution in [-0.4, -0.2) is 12.5 Å². The van der Waals surface area contributed by atoms with Crippen molar-refractivity contribution in [1.29, 1.82) is 5.26 Å². The molecule has 0 saturated heterocycles. The third kappa shape index (κ3) is 3.18. The van der Waals surface area contributed by atoms with Gasteiger partial charge in [-0.15, -0.1) is 0 Å². The van der Waals surface area contributed by atoms with Crippen molar-refractivity contribution in [3.8, 4) is 11.8 Å². The highest BCUT2D eigenvalue weighted by Gasteiger charge is 2.13. The molecule has 20 heavy (non-hydrogen) atoms. The molecule has 1 amide bonds. The van der Waals surface area contributed by atoms with Crippen molar-refractivity contribution in [3.63, 3.8) is 0 Å². The van der Waals surface area contributed by atoms with Crippen LogP contribution in [0, 0.1) is 11.3 Å². The Morgan fingerprint density at radius 1 is 1.35 bits per heavy atom. The molecule has 2 rings (SSSR count). The highest BCUT2D eigenvalue weighted by molar-refractivity contribution is 6.04. The second kappa shape index (κ2) is 6.43. The fraction of sp³-hybridized carbons (Fsp3) is 0.200. The van der Waals surface area contributed by atoms with E-state index in [4.69, 9.17) is 14.4 Å². The van der Waals surface area contributed by atoms with Crippen LogP contribution in [-0.2, 0) is 6.42 Å². The van der Waals surface area contributed by atoms with Crippen LogP contribution in [0.5, 0.6) is 5.75 Å². The third-order valence-electron chi connectivity index (χ3n) is 2.73. The van der Waals surface area contributed by atoms with Gasteiger partial charge in [0.15, 0.2) is 6.61 Å². The lowest BCUT2D eigenvalue weighted by Crippen LogP contribution is -2.12. The first-order valence-electron chi connectivity index (χ1n) is 6.22. The van der Waals surface area contributed by atoms with Crippen molar-refractivity contribution in [2.24, 2.45) is 0 Å². The number of ether oxygens (including phenoxy) is 1. The number of nitriles is 1. The number of aryl methyl sites for hydroxylation is 1. The number of carbonyl (C=O) groups excluding carboxylic acids is 1. The van der Waals surface area contributed by atoms with Gasteiger partial charge in [0.25, 0.3) is 5.91 Å². The molecule has 0 atom stereocenters. The number of carbonyl (C=O) groups is 1. The number of hydrogen-bond acceptors (Lipinski definition) is 4. The van der Waals surface area contributed by atoms with Crippen molar-refractivity contribution in [3.05, 3.63) is 47.9 Å². The summed E-state index contributed by atoms with van der Waals surface area (Å²) in [6.07, 6.45) is 2.17. The van der Waals surface area contributed by atoms with Crippen LogP contribution < -0.4 is 10.1 Å². The van der Waals surface area contributed by atoms with Crippen molar-refractivity contribution in [2.45, 2.75) is 13.3 Å². The van der Waals surface area contributed by atoms with E-state index in [1.807, 2.05) is 13.0 Å². The van der Waals surface area contributed by atoms with Crippen LogP contribution in [0.3, 0.4) is 0 Å². The molecule has 0 aliphatic carbocycles. The number of amides is 1. The molecule has 0 bridgehead atoms. The Bertz CT molecular complexity index is 623. The summed E-state index contributed by atoms with van der Waals surface area (Å²) in [5.74, 6) is 1.04. The summed E-state index contributed by atoms with van der Waals surface area (Å²) in [5, 5.41) is 11.2. The van der Waals surface area contributed by atoms with E-state index >= 15 is 0 Å². The minimum absolute atomic E-state index is 0.000581. The van der Waals surface area contributed by atoms with Crippen molar-refractivity contribution < 1.29 is 13.9 Å². The van der Waals surface area contributed by atoms with Gasteiger partial charge in [-0.1, -0.05) is 6.92 Å². The smallest absolute Gasteiger partial charge is 0.259 e. The Morgan fingerprint density at radius 3 is 2.75 bits per heavy atom. The summed E-state index contributed by atoms with van der Waals surface area (Å²) in [6.45, 7) is 1.93. The fourth-order valence-corrected chi connectivity index (χ4v) is 1.77. The van der Waals surface area contributed by atoms with Crippen LogP contribution in [0.15, 0.2) is 41.0 Å². The van der Waals surface area contributed by atoms with Crippen molar-refractivity contribution in [1.82, 2.24) is 0 Å². The molecule has 0 unspecified atom stereocenters. The zero-order chi connectivity index (χ0) is 14.4. The molecule has 0 aliphatic rings. The first-order valence-corrected chi connectivity index (χ1v) is 6.22. The minimum atomic E-state index is -0.207. The maximum Gasteiger partial charge on any atom is 0.259 e. The predicted octanol–water partition coefficient (Wildman–Crippen LogP) is 3.00. The van der Waals surface area contributed by atoms with Gasteiger partial charge in [-0.2, -0.15) is 5.26 Å². The number of benzene rings is 1. The lowest BCUT2D eigenvalue weighted by Gasteiger charge is -2.06. The van der Waals surface area contributed by atoms with Gasteiger partial charge in [-0.25, -0.2) is 0 Å². The predicted molar refractivity (Wildman–Crippen MR) is 73.6 cm³/mol. The Labute approximate surface area is 116 Å². The number of nitrogens with zero attached hydrogens (tertiary/aromatic N) is 1. The van der Waals surface area contributed by atoms with Gasteiger partial charge >= 0.3 is 0 Å². The number of rotatable bonds is 5. The zero-order valence-corrected chi connectivity index (χ0v) is 11.1. The number of nitrogens with one attached hydrogen (secondary N) is 1. The largest absolute Gasteiger partial charge is 0.479 e. The van der Waals surface area contributed by atoms with Gasteiger partial charge in [0.2, 0.25) is 0 Å². The molecular weight excluding hydrogens is 256 g/mol. The Morgan fingerprint density at radius 2 is 2.10 bits per heavy atom. The summed E-state index contributed by atoms with van der Waals surface area (Å²) in [5.41, 5.74) is 1.19. The summed E-state index contributed by atoms with van der Waals surface area (Å²) in [7, 11) is 0. The molecule has 1 aromatic heterocycles. The van der Waals surface area contributed by atoms with Gasteiger partial charge in [-0.05, 0) is 30.3 Å². The molecule has 102 valence electrons. The standard InChI is InChI=1S/C15H14N2O3/c1-2-14-13(7-9-20-14)15(18)17-11-3-5-12(6-4-11)19-10-8-16/h3-7,9H,2,10H2,1H3,(H,17,18). The lowest BCUT2D eigenvalue weighted by atomic mass is 10.2. The zero-order valence-electron chi connectivity index (χ0n) is 11.1. The second-order valence-electron chi connectivity index (χ2n) is 4.04.